The number of rotatable bonds is 4. The van der Waals surface area contributed by atoms with Crippen molar-refractivity contribution in [3.63, 3.8) is 0 Å². The molecule has 0 aromatic heterocycles. The molecule has 0 unspecified atom stereocenters. The first-order valence-electron chi connectivity index (χ1n) is 4.64. The number of nitrogens with zero attached hydrogens (tertiary/aromatic N) is 1. The lowest BCUT2D eigenvalue weighted by molar-refractivity contribution is -0.921. The minimum absolute atomic E-state index is 1.28. The zero-order valence-electron chi connectivity index (χ0n) is 8.95. The first-order chi connectivity index (χ1) is 5.97. The number of hydrogen-bond donors (Lipinski definition) is 0. The highest BCUT2D eigenvalue weighted by molar-refractivity contribution is 7.21. The van der Waals surface area contributed by atoms with Crippen molar-refractivity contribution in [2.24, 2.45) is 0 Å². The Morgan fingerprint density at radius 3 is 1.08 bits per heavy atom. The van der Waals surface area contributed by atoms with E-state index in [1.165, 1.54) is 30.7 Å². The molecule has 0 rings (SSSR count). The minimum Gasteiger partial charge on any atom is -0.744 e. The molecule has 0 spiro atoms. The molecular weight excluding hydrogens is 189 g/mol. The van der Waals surface area contributed by atoms with Gasteiger partial charge in [0.15, 0.2) is 0 Å². The minimum atomic E-state index is -3.37. The van der Waals surface area contributed by atoms with E-state index in [4.69, 9.17) is 14.0 Å². The molecule has 4 nitrogen and oxygen atoms in total. The van der Waals surface area contributed by atoms with Crippen molar-refractivity contribution < 1.29 is 18.5 Å². The molecule has 0 aromatic rings. The van der Waals surface area contributed by atoms with E-state index in [1.54, 1.807) is 0 Å². The lowest BCUT2D eigenvalue weighted by Gasteiger charge is -2.34. The van der Waals surface area contributed by atoms with Gasteiger partial charge in [-0.15, -0.1) is 0 Å². The zero-order chi connectivity index (χ0) is 10.9. The van der Waals surface area contributed by atoms with Gasteiger partial charge in [0.25, 0.3) is 0 Å². The summed E-state index contributed by atoms with van der Waals surface area (Å²) in [6, 6.07) is 0. The highest BCUT2D eigenvalue weighted by Gasteiger charge is 2.16. The topological polar surface area (TPSA) is 57.2 Å². The van der Waals surface area contributed by atoms with Gasteiger partial charge < -0.3 is 9.38 Å². The van der Waals surface area contributed by atoms with E-state index < -0.39 is 7.91 Å². The molecule has 0 aromatic carbocycles. The van der Waals surface area contributed by atoms with Gasteiger partial charge in [0.1, 0.15) is 0 Å². The smallest absolute Gasteiger partial charge is 0.250 e. The van der Waals surface area contributed by atoms with Gasteiger partial charge in [-0.1, -0.05) is 0 Å². The SMILES string of the molecule is CC[N+](CC)(CC)CC.O=P(=O)[O-]. The van der Waals surface area contributed by atoms with E-state index in [9.17, 15) is 0 Å². The van der Waals surface area contributed by atoms with Gasteiger partial charge in [-0.3, -0.25) is 9.13 Å². The third-order valence-electron chi connectivity index (χ3n) is 2.68. The van der Waals surface area contributed by atoms with Crippen molar-refractivity contribution in [1.29, 1.82) is 0 Å². The van der Waals surface area contributed by atoms with Crippen LogP contribution in [0.3, 0.4) is 0 Å². The van der Waals surface area contributed by atoms with Crippen LogP contribution in [0.4, 0.5) is 0 Å². The number of quaternary nitrogens is 1. The van der Waals surface area contributed by atoms with Crippen LogP contribution in [0.2, 0.25) is 0 Å². The van der Waals surface area contributed by atoms with Crippen LogP contribution in [0, 0.1) is 0 Å². The molecule has 0 aliphatic rings. The number of hydrogen-bond acceptors (Lipinski definition) is 3. The molecule has 0 saturated heterocycles. The van der Waals surface area contributed by atoms with Gasteiger partial charge >= 0.3 is 0 Å². The Hall–Kier alpha value is -0.180. The summed E-state index contributed by atoms with van der Waals surface area (Å²) in [7, 11) is -3.37. The van der Waals surface area contributed by atoms with E-state index >= 15 is 0 Å². The van der Waals surface area contributed by atoms with E-state index in [0.29, 0.717) is 0 Å². The zero-order valence-corrected chi connectivity index (χ0v) is 9.84. The van der Waals surface area contributed by atoms with E-state index in [2.05, 4.69) is 27.7 Å². The van der Waals surface area contributed by atoms with Crippen LogP contribution in [0.15, 0.2) is 0 Å². The normalized spacial score (nSPS) is 10.2. The molecule has 5 heteroatoms. The molecule has 13 heavy (non-hydrogen) atoms. The van der Waals surface area contributed by atoms with Gasteiger partial charge in [0.2, 0.25) is 7.91 Å². The maximum absolute atomic E-state index is 8.48. The predicted molar refractivity (Wildman–Crippen MR) is 50.7 cm³/mol. The van der Waals surface area contributed by atoms with Gasteiger partial charge in [-0.2, -0.15) is 0 Å². The maximum Gasteiger partial charge on any atom is 0.250 e. The average Bonchev–Trinajstić information content (AvgIpc) is 2.09. The largest absolute Gasteiger partial charge is 0.744 e. The van der Waals surface area contributed by atoms with Crippen molar-refractivity contribution in [2.75, 3.05) is 26.2 Å². The average molecular weight is 209 g/mol. The van der Waals surface area contributed by atoms with Crippen molar-refractivity contribution in [3.8, 4) is 0 Å². The first-order valence-corrected chi connectivity index (χ1v) is 5.74. The molecule has 0 aliphatic carbocycles. The second-order valence-corrected chi connectivity index (χ2v) is 3.28. The Kier molecular flexibility index (Phi) is 9.91. The Morgan fingerprint density at radius 1 is 0.923 bits per heavy atom. The quantitative estimate of drug-likeness (QED) is 0.518. The standard InChI is InChI=1S/C8H20N.HO3P/c1-5-9(6-2,7-3)8-4;1-4(2)3/h5-8H2,1-4H3;(H,1,2,3)/q+1;/p-1. The van der Waals surface area contributed by atoms with Crippen LogP contribution in [0.1, 0.15) is 27.7 Å². The summed E-state index contributed by atoms with van der Waals surface area (Å²) in [4.78, 5) is 8.48. The highest BCUT2D eigenvalue weighted by Crippen LogP contribution is 2.03. The van der Waals surface area contributed by atoms with Crippen LogP contribution in [-0.4, -0.2) is 30.7 Å². The summed E-state index contributed by atoms with van der Waals surface area (Å²) in [6.07, 6.45) is 0. The Morgan fingerprint density at radius 2 is 1.08 bits per heavy atom. The Bertz CT molecular complexity index is 151. The molecule has 0 saturated carbocycles. The highest BCUT2D eigenvalue weighted by atomic mass is 31.1. The molecule has 0 heterocycles. The van der Waals surface area contributed by atoms with Gasteiger partial charge in [-0.25, -0.2) is 0 Å². The van der Waals surface area contributed by atoms with Crippen LogP contribution in [0.25, 0.3) is 0 Å². The van der Waals surface area contributed by atoms with Crippen LogP contribution in [-0.2, 0) is 9.13 Å². The maximum atomic E-state index is 8.48. The molecule has 0 N–H and O–H groups in total. The molecule has 0 radical (unpaired) electrons. The van der Waals surface area contributed by atoms with Crippen LogP contribution >= 0.6 is 7.91 Å². The second kappa shape index (κ2) is 8.42. The molecule has 0 amide bonds. The Balaban J connectivity index is 0. The third kappa shape index (κ3) is 8.16. The van der Waals surface area contributed by atoms with Crippen molar-refractivity contribution in [3.05, 3.63) is 0 Å². The van der Waals surface area contributed by atoms with Gasteiger partial charge in [0, 0.05) is 0 Å². The summed E-state index contributed by atoms with van der Waals surface area (Å²) >= 11 is 0. The van der Waals surface area contributed by atoms with Crippen LogP contribution < -0.4 is 4.89 Å². The molecule has 0 atom stereocenters. The lowest BCUT2D eigenvalue weighted by atomic mass is 10.3. The van der Waals surface area contributed by atoms with Crippen molar-refractivity contribution in [2.45, 2.75) is 27.7 Å². The van der Waals surface area contributed by atoms with Crippen molar-refractivity contribution >= 4 is 7.91 Å². The summed E-state index contributed by atoms with van der Waals surface area (Å²) in [5.74, 6) is 0. The molecule has 80 valence electrons. The second-order valence-electron chi connectivity index (χ2n) is 2.83. The fourth-order valence-electron chi connectivity index (χ4n) is 1.34. The van der Waals surface area contributed by atoms with Crippen LogP contribution in [0.5, 0.6) is 0 Å². The summed E-state index contributed by atoms with van der Waals surface area (Å²) in [6.45, 7) is 14.2. The monoisotopic (exact) mass is 209 g/mol. The fourth-order valence-corrected chi connectivity index (χ4v) is 1.34. The van der Waals surface area contributed by atoms with E-state index in [-0.39, 0.29) is 0 Å². The molecular formula is C8H20NO3P. The lowest BCUT2D eigenvalue weighted by Crippen LogP contribution is -2.47. The summed E-state index contributed by atoms with van der Waals surface area (Å²) in [5.41, 5.74) is 0. The van der Waals surface area contributed by atoms with E-state index in [0.717, 1.165) is 0 Å². The van der Waals surface area contributed by atoms with E-state index in [1.807, 2.05) is 0 Å². The fraction of sp³-hybridized carbons (Fsp3) is 1.00. The van der Waals surface area contributed by atoms with Crippen molar-refractivity contribution in [1.82, 2.24) is 0 Å². The first kappa shape index (κ1) is 15.3. The predicted octanol–water partition coefficient (Wildman–Crippen LogP) is 1.32. The molecule has 0 bridgehead atoms. The van der Waals surface area contributed by atoms with Gasteiger partial charge in [-0.05, 0) is 27.7 Å². The molecule has 0 aliphatic heterocycles. The molecule has 0 fully saturated rings. The summed E-state index contributed by atoms with van der Waals surface area (Å²) < 4.78 is 18.2. The summed E-state index contributed by atoms with van der Waals surface area (Å²) in [5, 5.41) is 0. The third-order valence-corrected chi connectivity index (χ3v) is 2.68. The van der Waals surface area contributed by atoms with Gasteiger partial charge in [0.05, 0.1) is 26.2 Å². The Labute approximate surface area is 81.1 Å².